The van der Waals surface area contributed by atoms with Gasteiger partial charge in [-0.2, -0.15) is 0 Å². The van der Waals surface area contributed by atoms with Crippen LogP contribution in [0.1, 0.15) is 60.8 Å². The van der Waals surface area contributed by atoms with E-state index in [1.54, 1.807) is 48.5 Å². The molecule has 8 aromatic carbocycles. The predicted molar refractivity (Wildman–Crippen MR) is 255 cm³/mol. The van der Waals surface area contributed by atoms with Crippen molar-refractivity contribution < 1.29 is 40.9 Å². The number of hydrogen-bond donors (Lipinski definition) is 8. The largest absolute Gasteiger partial charge is 0.508 e. The molecule has 328 valence electrons. The average Bonchev–Trinajstić information content (AvgIpc) is 3.28. The summed E-state index contributed by atoms with van der Waals surface area (Å²) >= 11 is 0. The lowest BCUT2D eigenvalue weighted by molar-refractivity contribution is -0.0691. The maximum absolute atomic E-state index is 10.4. The van der Waals surface area contributed by atoms with Gasteiger partial charge in [0.2, 0.25) is 0 Å². The zero-order valence-corrected chi connectivity index (χ0v) is 36.0. The van der Waals surface area contributed by atoms with Gasteiger partial charge in [-0.25, -0.2) is 0 Å². The Morgan fingerprint density at radius 3 is 0.500 bits per heavy atom. The standard InChI is InChI=1S/C58H48O8/c59-47-17-39(18-48(60)25-47)35-1-9-43(10-2-35)55-29-56(44-11-3-36(4-12-44)40-19-49(61)26-50(62)20-40)32-57(30-55,45-13-5-37(6-14-45)41-21-51(63)27-52(64)22-41)34-58(31-55,33-56)46-15-7-38(8-16-46)42-23-53(65)28-54(66)24-42/h1-28,59-66H,29-34H2. The van der Waals surface area contributed by atoms with Crippen molar-refractivity contribution in [3.05, 3.63) is 192 Å². The predicted octanol–water partition coefficient (Wildman–Crippen LogP) is 12.4. The maximum Gasteiger partial charge on any atom is 0.119 e. The van der Waals surface area contributed by atoms with Crippen LogP contribution >= 0.6 is 0 Å². The molecule has 0 amide bonds. The highest BCUT2D eigenvalue weighted by Crippen LogP contribution is 2.75. The van der Waals surface area contributed by atoms with Crippen molar-refractivity contribution in [3.63, 3.8) is 0 Å². The first-order valence-electron chi connectivity index (χ1n) is 22.2. The summed E-state index contributed by atoms with van der Waals surface area (Å²) < 4.78 is 0. The highest BCUT2D eigenvalue weighted by molar-refractivity contribution is 5.71. The van der Waals surface area contributed by atoms with Crippen LogP contribution < -0.4 is 0 Å². The van der Waals surface area contributed by atoms with Crippen LogP contribution in [0, 0.1) is 0 Å². The third-order valence-electron chi connectivity index (χ3n) is 15.0. The molecule has 0 atom stereocenters. The average molecular weight is 873 g/mol. The molecule has 4 aliphatic carbocycles. The van der Waals surface area contributed by atoms with E-state index in [0.29, 0.717) is 0 Å². The SMILES string of the molecule is Oc1cc(O)cc(-c2ccc(C34CC5(c6ccc(-c7cc(O)cc(O)c7)cc6)CC(c6ccc(-c7cc(O)cc(O)c7)cc6)(C3)CC(c3ccc(-c6cc(O)cc(O)c6)cc3)(C4)C5)cc2)c1. The maximum atomic E-state index is 10.4. The van der Waals surface area contributed by atoms with E-state index in [0.717, 1.165) is 83.0 Å². The second-order valence-corrected chi connectivity index (χ2v) is 19.4. The molecule has 0 aliphatic heterocycles. The lowest BCUT2D eigenvalue weighted by Gasteiger charge is -2.71. The van der Waals surface area contributed by atoms with Crippen LogP contribution in [-0.2, 0) is 21.7 Å². The van der Waals surface area contributed by atoms with Crippen molar-refractivity contribution in [1.82, 2.24) is 0 Å². The van der Waals surface area contributed by atoms with Crippen molar-refractivity contribution in [2.24, 2.45) is 0 Å². The van der Waals surface area contributed by atoms with Crippen LogP contribution in [0.5, 0.6) is 46.0 Å². The smallest absolute Gasteiger partial charge is 0.119 e. The highest BCUT2D eigenvalue weighted by atomic mass is 16.3. The van der Waals surface area contributed by atoms with Crippen LogP contribution in [0.2, 0.25) is 0 Å². The van der Waals surface area contributed by atoms with E-state index >= 15 is 0 Å². The van der Waals surface area contributed by atoms with Gasteiger partial charge in [0.1, 0.15) is 46.0 Å². The quantitative estimate of drug-likeness (QED) is 0.0748. The van der Waals surface area contributed by atoms with E-state index < -0.39 is 0 Å². The second-order valence-electron chi connectivity index (χ2n) is 19.4. The van der Waals surface area contributed by atoms with Gasteiger partial charge >= 0.3 is 0 Å². The van der Waals surface area contributed by atoms with Gasteiger partial charge in [-0.15, -0.1) is 0 Å². The summed E-state index contributed by atoms with van der Waals surface area (Å²) in [6.45, 7) is 0. The molecule has 8 nitrogen and oxygen atoms in total. The van der Waals surface area contributed by atoms with Crippen LogP contribution in [0.25, 0.3) is 44.5 Å². The molecule has 0 aromatic heterocycles. The summed E-state index contributed by atoms with van der Waals surface area (Å²) in [6, 6.07) is 53.1. The van der Waals surface area contributed by atoms with Crippen molar-refractivity contribution in [2.45, 2.75) is 60.2 Å². The fraction of sp³-hybridized carbons (Fsp3) is 0.172. The minimum absolute atomic E-state index is 0.00774. The van der Waals surface area contributed by atoms with Gasteiger partial charge in [0, 0.05) is 24.3 Å². The third-order valence-corrected chi connectivity index (χ3v) is 15.0. The molecule has 0 heterocycles. The number of aromatic hydroxyl groups is 8. The lowest BCUT2D eigenvalue weighted by atomic mass is 9.32. The molecular formula is C58H48O8. The minimum atomic E-state index is -0.310. The fourth-order valence-corrected chi connectivity index (χ4v) is 13.0. The van der Waals surface area contributed by atoms with Crippen molar-refractivity contribution >= 4 is 0 Å². The molecule has 4 saturated carbocycles. The number of phenolic OH excluding ortho intramolecular Hbond substituents is 8. The molecule has 4 fully saturated rings. The van der Waals surface area contributed by atoms with E-state index in [9.17, 15) is 40.9 Å². The van der Waals surface area contributed by atoms with Crippen molar-refractivity contribution in [3.8, 4) is 90.5 Å². The topological polar surface area (TPSA) is 162 Å². The number of phenols is 8. The number of benzene rings is 8. The Labute approximate surface area is 382 Å². The van der Waals surface area contributed by atoms with Crippen LogP contribution in [0.4, 0.5) is 0 Å². The molecule has 4 bridgehead atoms. The molecule has 0 radical (unpaired) electrons. The summed E-state index contributed by atoms with van der Waals surface area (Å²) in [5.74, 6) is -0.0619. The molecule has 8 heteroatoms. The first-order chi connectivity index (χ1) is 31.7. The van der Waals surface area contributed by atoms with E-state index in [4.69, 9.17) is 0 Å². The Balaban J connectivity index is 1.09. The Morgan fingerprint density at radius 1 is 0.197 bits per heavy atom. The Kier molecular flexibility index (Phi) is 9.21. The summed E-state index contributed by atoms with van der Waals surface area (Å²) in [5, 5.41) is 82.9. The van der Waals surface area contributed by atoms with Gasteiger partial charge < -0.3 is 40.9 Å². The number of hydrogen-bond acceptors (Lipinski definition) is 8. The van der Waals surface area contributed by atoms with E-state index in [2.05, 4.69) is 97.1 Å². The van der Waals surface area contributed by atoms with Crippen LogP contribution in [-0.4, -0.2) is 40.9 Å². The molecule has 66 heavy (non-hydrogen) atoms. The molecule has 8 aromatic rings. The Hall–Kier alpha value is -7.84. The first-order valence-corrected chi connectivity index (χ1v) is 22.2. The molecule has 12 rings (SSSR count). The molecule has 0 unspecified atom stereocenters. The van der Waals surface area contributed by atoms with Gasteiger partial charge in [0.25, 0.3) is 0 Å². The van der Waals surface area contributed by atoms with Gasteiger partial charge in [0.15, 0.2) is 0 Å². The Bertz CT molecular complexity index is 2630. The van der Waals surface area contributed by atoms with Gasteiger partial charge in [-0.05, 0) is 175 Å². The normalized spacial score (nSPS) is 22.9. The molecule has 0 spiro atoms. The van der Waals surface area contributed by atoms with Crippen molar-refractivity contribution in [2.75, 3.05) is 0 Å². The van der Waals surface area contributed by atoms with Crippen LogP contribution in [0.15, 0.2) is 170 Å². The fourth-order valence-electron chi connectivity index (χ4n) is 13.0. The molecule has 8 N–H and O–H groups in total. The zero-order valence-electron chi connectivity index (χ0n) is 36.0. The van der Waals surface area contributed by atoms with Crippen LogP contribution in [0.3, 0.4) is 0 Å². The van der Waals surface area contributed by atoms with E-state index in [1.807, 2.05) is 0 Å². The Morgan fingerprint density at radius 2 is 0.348 bits per heavy atom. The minimum Gasteiger partial charge on any atom is -0.508 e. The first kappa shape index (κ1) is 40.9. The summed E-state index contributed by atoms with van der Waals surface area (Å²) in [4.78, 5) is 0. The molecule has 0 saturated heterocycles. The third kappa shape index (κ3) is 7.01. The highest BCUT2D eigenvalue weighted by Gasteiger charge is 2.69. The summed E-state index contributed by atoms with van der Waals surface area (Å²) in [6.07, 6.45) is 5.35. The molecule has 4 aliphatic rings. The van der Waals surface area contributed by atoms with Crippen molar-refractivity contribution in [1.29, 1.82) is 0 Å². The number of rotatable bonds is 8. The van der Waals surface area contributed by atoms with E-state index in [1.165, 1.54) is 46.5 Å². The molecular weight excluding hydrogens is 825 g/mol. The lowest BCUT2D eigenvalue weighted by Crippen LogP contribution is -2.67. The second kappa shape index (κ2) is 14.9. The zero-order chi connectivity index (χ0) is 45.6. The summed E-state index contributed by atoms with van der Waals surface area (Å²) in [7, 11) is 0. The van der Waals surface area contributed by atoms with Gasteiger partial charge in [0.05, 0.1) is 0 Å². The van der Waals surface area contributed by atoms with Gasteiger partial charge in [-0.1, -0.05) is 97.1 Å². The summed E-state index contributed by atoms with van der Waals surface area (Å²) in [5.41, 5.74) is 10.0. The van der Waals surface area contributed by atoms with Gasteiger partial charge in [-0.3, -0.25) is 0 Å². The van der Waals surface area contributed by atoms with E-state index in [-0.39, 0.29) is 67.7 Å². The monoisotopic (exact) mass is 872 g/mol.